The molecule has 0 bridgehead atoms. The molecule has 1 heteroatoms. The minimum atomic E-state index is 1.13. The Balaban J connectivity index is 1.46. The average molecular weight is 652 g/mol. The van der Waals surface area contributed by atoms with Crippen molar-refractivity contribution in [2.24, 2.45) is 0 Å². The fourth-order valence-electron chi connectivity index (χ4n) is 7.86. The van der Waals surface area contributed by atoms with Gasteiger partial charge >= 0.3 is 0 Å². The molecule has 9 aromatic rings. The SMILES string of the molecule is Cc1cccc(N(c2cccc(C)c2)c2ccc3c(c2)c2ccccc2c2c(-c4ccccc4)cc(-c4ccccc4)c(-c4ccccc4)c32)c1. The number of anilines is 3. The number of benzene rings is 9. The first-order chi connectivity index (χ1) is 25.1. The van der Waals surface area contributed by atoms with Gasteiger partial charge in [-0.05, 0) is 133 Å². The highest BCUT2D eigenvalue weighted by atomic mass is 15.1. The summed E-state index contributed by atoms with van der Waals surface area (Å²) in [6.07, 6.45) is 0. The molecule has 0 unspecified atom stereocenters. The van der Waals surface area contributed by atoms with E-state index in [-0.39, 0.29) is 0 Å². The molecule has 0 saturated heterocycles. The second kappa shape index (κ2) is 12.8. The van der Waals surface area contributed by atoms with Crippen LogP contribution in [0.3, 0.4) is 0 Å². The first kappa shape index (κ1) is 30.6. The molecule has 0 N–H and O–H groups in total. The Labute approximate surface area is 299 Å². The molecule has 9 aromatic carbocycles. The van der Waals surface area contributed by atoms with Crippen LogP contribution in [-0.2, 0) is 0 Å². The fraction of sp³-hybridized carbons (Fsp3) is 0.0400. The van der Waals surface area contributed by atoms with Gasteiger partial charge in [-0.3, -0.25) is 0 Å². The maximum atomic E-state index is 2.43. The van der Waals surface area contributed by atoms with Crippen LogP contribution >= 0.6 is 0 Å². The predicted molar refractivity (Wildman–Crippen MR) is 219 cm³/mol. The van der Waals surface area contributed by atoms with Crippen molar-refractivity contribution in [2.45, 2.75) is 13.8 Å². The largest absolute Gasteiger partial charge is 0.310 e. The predicted octanol–water partition coefficient (Wildman–Crippen LogP) is 14.2. The molecule has 0 aromatic heterocycles. The molecule has 0 amide bonds. The summed E-state index contributed by atoms with van der Waals surface area (Å²) in [5.41, 5.74) is 13.3. The molecule has 0 aliphatic heterocycles. The number of hydrogen-bond donors (Lipinski definition) is 0. The Bertz CT molecular complexity index is 2650. The molecule has 0 fully saturated rings. The maximum absolute atomic E-state index is 2.43. The Morgan fingerprint density at radius 2 is 0.804 bits per heavy atom. The number of fused-ring (bicyclic) bond motifs is 6. The van der Waals surface area contributed by atoms with Gasteiger partial charge in [0.15, 0.2) is 0 Å². The summed E-state index contributed by atoms with van der Waals surface area (Å²) in [6, 6.07) is 68.8. The van der Waals surface area contributed by atoms with E-state index in [4.69, 9.17) is 0 Å². The van der Waals surface area contributed by atoms with Crippen molar-refractivity contribution in [1.82, 2.24) is 0 Å². The number of rotatable bonds is 6. The van der Waals surface area contributed by atoms with Crippen LogP contribution in [0.25, 0.3) is 65.7 Å². The highest BCUT2D eigenvalue weighted by Crippen LogP contribution is 2.50. The summed E-state index contributed by atoms with van der Waals surface area (Å²) in [4.78, 5) is 2.40. The molecule has 51 heavy (non-hydrogen) atoms. The standard InChI is InChI=1S/C50H37N/c1-34-16-14-24-39(30-34)51(40-25-15-17-35(2)31-40)41-28-29-44-47(32-41)42-26-12-13-27-43(42)49-46(37-20-8-4-9-21-37)33-45(36-18-6-3-7-19-36)48(50(44)49)38-22-10-5-11-23-38/h3-33H,1-2H3. The van der Waals surface area contributed by atoms with Crippen LogP contribution in [0.15, 0.2) is 188 Å². The third-order valence-electron chi connectivity index (χ3n) is 10.1. The second-order valence-corrected chi connectivity index (χ2v) is 13.5. The molecule has 0 heterocycles. The van der Waals surface area contributed by atoms with E-state index in [9.17, 15) is 0 Å². The summed E-state index contributed by atoms with van der Waals surface area (Å²) in [5, 5.41) is 7.55. The molecule has 0 aliphatic carbocycles. The van der Waals surface area contributed by atoms with Gasteiger partial charge < -0.3 is 4.90 Å². The van der Waals surface area contributed by atoms with Gasteiger partial charge in [-0.25, -0.2) is 0 Å². The summed E-state index contributed by atoms with van der Waals surface area (Å²) < 4.78 is 0. The van der Waals surface area contributed by atoms with E-state index < -0.39 is 0 Å². The average Bonchev–Trinajstić information content (AvgIpc) is 3.18. The van der Waals surface area contributed by atoms with Gasteiger partial charge in [0.1, 0.15) is 0 Å². The van der Waals surface area contributed by atoms with Gasteiger partial charge in [0.25, 0.3) is 0 Å². The van der Waals surface area contributed by atoms with Crippen LogP contribution in [0.5, 0.6) is 0 Å². The normalized spacial score (nSPS) is 11.3. The van der Waals surface area contributed by atoms with E-state index in [1.807, 2.05) is 0 Å². The molecular weight excluding hydrogens is 615 g/mol. The summed E-state index contributed by atoms with van der Waals surface area (Å²) in [5.74, 6) is 0. The van der Waals surface area contributed by atoms with Gasteiger partial charge in [0, 0.05) is 17.1 Å². The zero-order valence-corrected chi connectivity index (χ0v) is 28.8. The fourth-order valence-corrected chi connectivity index (χ4v) is 7.86. The van der Waals surface area contributed by atoms with Crippen LogP contribution in [0.4, 0.5) is 17.1 Å². The third-order valence-corrected chi connectivity index (χ3v) is 10.1. The third kappa shape index (κ3) is 5.44. The minimum absolute atomic E-state index is 1.13. The van der Waals surface area contributed by atoms with Crippen LogP contribution in [0.2, 0.25) is 0 Å². The number of nitrogens with zero attached hydrogens (tertiary/aromatic N) is 1. The van der Waals surface area contributed by atoms with Crippen LogP contribution in [-0.4, -0.2) is 0 Å². The minimum Gasteiger partial charge on any atom is -0.310 e. The lowest BCUT2D eigenvalue weighted by Gasteiger charge is -2.27. The van der Waals surface area contributed by atoms with Crippen LogP contribution in [0.1, 0.15) is 11.1 Å². The van der Waals surface area contributed by atoms with Gasteiger partial charge in [-0.15, -0.1) is 0 Å². The van der Waals surface area contributed by atoms with E-state index in [1.54, 1.807) is 0 Å². The van der Waals surface area contributed by atoms with Crippen molar-refractivity contribution in [1.29, 1.82) is 0 Å². The second-order valence-electron chi connectivity index (χ2n) is 13.5. The van der Waals surface area contributed by atoms with Crippen molar-refractivity contribution in [3.63, 3.8) is 0 Å². The molecule has 1 nitrogen and oxygen atoms in total. The molecule has 0 spiro atoms. The van der Waals surface area contributed by atoms with E-state index in [0.717, 1.165) is 17.1 Å². The summed E-state index contributed by atoms with van der Waals surface area (Å²) in [6.45, 7) is 4.33. The van der Waals surface area contributed by atoms with E-state index in [1.165, 1.54) is 76.8 Å². The van der Waals surface area contributed by atoms with Crippen molar-refractivity contribution in [3.05, 3.63) is 199 Å². The Hall–Kier alpha value is -6.44. The first-order valence-electron chi connectivity index (χ1n) is 17.7. The molecule has 0 radical (unpaired) electrons. The van der Waals surface area contributed by atoms with Gasteiger partial charge in [-0.1, -0.05) is 146 Å². The van der Waals surface area contributed by atoms with Crippen LogP contribution < -0.4 is 4.90 Å². The Kier molecular flexibility index (Phi) is 7.67. The summed E-state index contributed by atoms with van der Waals surface area (Å²) in [7, 11) is 0. The highest BCUT2D eigenvalue weighted by Gasteiger charge is 2.22. The Morgan fingerprint density at radius 1 is 0.314 bits per heavy atom. The van der Waals surface area contributed by atoms with Gasteiger partial charge in [0.2, 0.25) is 0 Å². The summed E-state index contributed by atoms with van der Waals surface area (Å²) >= 11 is 0. The molecule has 242 valence electrons. The van der Waals surface area contributed by atoms with E-state index in [0.29, 0.717) is 0 Å². The Morgan fingerprint density at radius 3 is 1.39 bits per heavy atom. The zero-order chi connectivity index (χ0) is 34.3. The topological polar surface area (TPSA) is 3.24 Å². The van der Waals surface area contributed by atoms with Crippen LogP contribution in [0, 0.1) is 13.8 Å². The maximum Gasteiger partial charge on any atom is 0.0468 e. The quantitative estimate of drug-likeness (QED) is 0.162. The molecule has 0 saturated carbocycles. The molecule has 0 aliphatic rings. The molecule has 9 rings (SSSR count). The number of aryl methyl sites for hydroxylation is 2. The van der Waals surface area contributed by atoms with Crippen molar-refractivity contribution in [3.8, 4) is 33.4 Å². The van der Waals surface area contributed by atoms with E-state index in [2.05, 4.69) is 207 Å². The molecular formula is C50H37N. The lowest BCUT2D eigenvalue weighted by Crippen LogP contribution is -2.10. The lowest BCUT2D eigenvalue weighted by molar-refractivity contribution is 1.26. The first-order valence-corrected chi connectivity index (χ1v) is 17.7. The van der Waals surface area contributed by atoms with Crippen molar-refractivity contribution in [2.75, 3.05) is 4.90 Å². The monoisotopic (exact) mass is 651 g/mol. The van der Waals surface area contributed by atoms with Crippen molar-refractivity contribution >= 4 is 49.4 Å². The lowest BCUT2D eigenvalue weighted by atomic mass is 9.81. The van der Waals surface area contributed by atoms with Crippen molar-refractivity contribution < 1.29 is 0 Å². The highest BCUT2D eigenvalue weighted by molar-refractivity contribution is 6.33. The zero-order valence-electron chi connectivity index (χ0n) is 28.8. The number of hydrogen-bond acceptors (Lipinski definition) is 1. The molecule has 0 atom stereocenters. The van der Waals surface area contributed by atoms with Gasteiger partial charge in [-0.2, -0.15) is 0 Å². The van der Waals surface area contributed by atoms with Gasteiger partial charge in [0.05, 0.1) is 0 Å². The smallest absolute Gasteiger partial charge is 0.0468 e. The van der Waals surface area contributed by atoms with E-state index >= 15 is 0 Å².